The van der Waals surface area contributed by atoms with Crippen molar-refractivity contribution in [3.63, 3.8) is 0 Å². The summed E-state index contributed by atoms with van der Waals surface area (Å²) in [6.07, 6.45) is 6.45. The van der Waals surface area contributed by atoms with Crippen LogP contribution < -0.4 is 5.56 Å². The quantitative estimate of drug-likeness (QED) is 0.674. The maximum atomic E-state index is 13.0. The minimum Gasteiger partial charge on any atom is -0.336 e. The van der Waals surface area contributed by atoms with Crippen LogP contribution >= 0.6 is 0 Å². The van der Waals surface area contributed by atoms with E-state index >= 15 is 0 Å². The molecule has 1 aliphatic carbocycles. The highest BCUT2D eigenvalue weighted by Crippen LogP contribution is 2.25. The van der Waals surface area contributed by atoms with Crippen LogP contribution in [0.25, 0.3) is 5.65 Å². The highest BCUT2D eigenvalue weighted by molar-refractivity contribution is 5.93. The Kier molecular flexibility index (Phi) is 4.64. The smallest absolute Gasteiger partial charge is 0.270 e. The summed E-state index contributed by atoms with van der Waals surface area (Å²) in [7, 11) is 0. The molecule has 2 aromatic heterocycles. The molecule has 1 aliphatic heterocycles. The standard InChI is InChI=1S/C23H24N4O2/c28-22(20-16-24-21-7-3-4-10-27(21)23(20)29)26-13-11-25(12-14-26)19-9-8-17-5-1-2-6-18(17)15-19/h1-7,10,16,19H,8-9,11-15H2. The number of aromatic nitrogens is 2. The number of piperazine rings is 1. The first-order chi connectivity index (χ1) is 14.2. The molecule has 6 nitrogen and oxygen atoms in total. The van der Waals surface area contributed by atoms with Crippen molar-refractivity contribution in [1.29, 1.82) is 0 Å². The molecule has 1 atom stereocenters. The molecule has 1 unspecified atom stereocenters. The highest BCUT2D eigenvalue weighted by Gasteiger charge is 2.29. The second kappa shape index (κ2) is 7.44. The van der Waals surface area contributed by atoms with Crippen LogP contribution in [0, 0.1) is 0 Å². The first-order valence-corrected chi connectivity index (χ1v) is 10.3. The Hall–Kier alpha value is -2.99. The van der Waals surface area contributed by atoms with E-state index in [1.807, 2.05) is 6.07 Å². The van der Waals surface area contributed by atoms with E-state index in [-0.39, 0.29) is 17.0 Å². The van der Waals surface area contributed by atoms with Gasteiger partial charge in [0.25, 0.3) is 11.5 Å². The number of fused-ring (bicyclic) bond motifs is 2. The molecule has 3 heterocycles. The van der Waals surface area contributed by atoms with Crippen molar-refractivity contribution in [2.75, 3.05) is 26.2 Å². The van der Waals surface area contributed by atoms with E-state index in [1.165, 1.54) is 28.1 Å². The number of pyridine rings is 1. The molecule has 3 aromatic rings. The van der Waals surface area contributed by atoms with E-state index in [2.05, 4.69) is 34.1 Å². The van der Waals surface area contributed by atoms with E-state index in [0.29, 0.717) is 24.8 Å². The van der Waals surface area contributed by atoms with Crippen molar-refractivity contribution in [3.8, 4) is 0 Å². The van der Waals surface area contributed by atoms with E-state index < -0.39 is 0 Å². The van der Waals surface area contributed by atoms with Gasteiger partial charge in [-0.15, -0.1) is 0 Å². The number of hydrogen-bond donors (Lipinski definition) is 0. The highest BCUT2D eigenvalue weighted by atomic mass is 16.2. The van der Waals surface area contributed by atoms with E-state index in [9.17, 15) is 9.59 Å². The molecule has 6 heteroatoms. The molecule has 1 fully saturated rings. The van der Waals surface area contributed by atoms with Crippen LogP contribution in [-0.4, -0.2) is 57.3 Å². The molecule has 29 heavy (non-hydrogen) atoms. The molecule has 0 spiro atoms. The molecule has 5 rings (SSSR count). The summed E-state index contributed by atoms with van der Waals surface area (Å²) < 4.78 is 1.43. The van der Waals surface area contributed by atoms with Crippen molar-refractivity contribution in [3.05, 3.63) is 81.9 Å². The summed E-state index contributed by atoms with van der Waals surface area (Å²) in [6, 6.07) is 14.6. The summed E-state index contributed by atoms with van der Waals surface area (Å²) in [5.74, 6) is -0.214. The SMILES string of the molecule is O=C(c1cnc2ccccn2c1=O)N1CCN(C2CCc3ccccc3C2)CC1. The Morgan fingerprint density at radius 2 is 1.72 bits per heavy atom. The number of hydrogen-bond acceptors (Lipinski definition) is 4. The number of amides is 1. The normalized spacial score (nSPS) is 19.9. The molecule has 1 aromatic carbocycles. The Morgan fingerprint density at radius 3 is 2.55 bits per heavy atom. The predicted octanol–water partition coefficient (Wildman–Crippen LogP) is 2.01. The fourth-order valence-corrected chi connectivity index (χ4v) is 4.62. The van der Waals surface area contributed by atoms with Gasteiger partial charge in [0.2, 0.25) is 0 Å². The minimum absolute atomic E-state index is 0.147. The Labute approximate surface area is 169 Å². The van der Waals surface area contributed by atoms with Gasteiger partial charge in [-0.1, -0.05) is 30.3 Å². The minimum atomic E-state index is -0.299. The lowest BCUT2D eigenvalue weighted by atomic mass is 9.87. The molecule has 148 valence electrons. The Bertz CT molecular complexity index is 1120. The van der Waals surface area contributed by atoms with Gasteiger partial charge in [-0.05, 0) is 42.5 Å². The average molecular weight is 388 g/mol. The van der Waals surface area contributed by atoms with E-state index in [0.717, 1.165) is 25.9 Å². The van der Waals surface area contributed by atoms with Gasteiger partial charge in [-0.3, -0.25) is 18.9 Å². The third-order valence-corrected chi connectivity index (χ3v) is 6.28. The maximum Gasteiger partial charge on any atom is 0.270 e. The number of aryl methyl sites for hydroxylation is 1. The summed E-state index contributed by atoms with van der Waals surface area (Å²) in [5.41, 5.74) is 3.33. The fourth-order valence-electron chi connectivity index (χ4n) is 4.62. The lowest BCUT2D eigenvalue weighted by Crippen LogP contribution is -2.53. The first kappa shape index (κ1) is 18.1. The van der Waals surface area contributed by atoms with Crippen molar-refractivity contribution < 1.29 is 4.79 Å². The van der Waals surface area contributed by atoms with Gasteiger partial charge in [0.05, 0.1) is 0 Å². The summed E-state index contributed by atoms with van der Waals surface area (Å²) in [5, 5.41) is 0. The zero-order chi connectivity index (χ0) is 19.8. The van der Waals surface area contributed by atoms with E-state index in [4.69, 9.17) is 0 Å². The van der Waals surface area contributed by atoms with Crippen LogP contribution in [0.2, 0.25) is 0 Å². The molecule has 0 N–H and O–H groups in total. The number of nitrogens with zero attached hydrogens (tertiary/aromatic N) is 4. The van der Waals surface area contributed by atoms with Crippen LogP contribution in [0.5, 0.6) is 0 Å². The molecular weight excluding hydrogens is 364 g/mol. The van der Waals surface area contributed by atoms with Gasteiger partial charge in [0, 0.05) is 44.6 Å². The van der Waals surface area contributed by atoms with Gasteiger partial charge < -0.3 is 4.90 Å². The van der Waals surface area contributed by atoms with E-state index in [1.54, 1.807) is 23.2 Å². The monoisotopic (exact) mass is 388 g/mol. The second-order valence-electron chi connectivity index (χ2n) is 7.90. The fraction of sp³-hybridized carbons (Fsp3) is 0.348. The largest absolute Gasteiger partial charge is 0.336 e. The lowest BCUT2D eigenvalue weighted by molar-refractivity contribution is 0.0551. The molecule has 0 radical (unpaired) electrons. The molecular formula is C23H24N4O2. The van der Waals surface area contributed by atoms with Gasteiger partial charge in [0.15, 0.2) is 0 Å². The summed E-state index contributed by atoms with van der Waals surface area (Å²) in [4.78, 5) is 34.2. The molecule has 1 amide bonds. The van der Waals surface area contributed by atoms with Crippen molar-refractivity contribution >= 4 is 11.6 Å². The number of carbonyl (C=O) groups excluding carboxylic acids is 1. The number of benzene rings is 1. The zero-order valence-electron chi connectivity index (χ0n) is 16.3. The molecule has 0 saturated carbocycles. The predicted molar refractivity (Wildman–Crippen MR) is 111 cm³/mol. The van der Waals surface area contributed by atoms with Gasteiger partial charge in [0.1, 0.15) is 11.2 Å². The molecule has 2 aliphatic rings. The van der Waals surface area contributed by atoms with Crippen LogP contribution in [0.3, 0.4) is 0 Å². The maximum absolute atomic E-state index is 13.0. The van der Waals surface area contributed by atoms with Crippen LogP contribution in [0.15, 0.2) is 59.7 Å². The third kappa shape index (κ3) is 3.34. The van der Waals surface area contributed by atoms with Crippen LogP contribution in [0.1, 0.15) is 27.9 Å². The first-order valence-electron chi connectivity index (χ1n) is 10.3. The average Bonchev–Trinajstić information content (AvgIpc) is 2.79. The van der Waals surface area contributed by atoms with Crippen LogP contribution in [0.4, 0.5) is 0 Å². The topological polar surface area (TPSA) is 57.9 Å². The molecule has 0 bridgehead atoms. The van der Waals surface area contributed by atoms with Crippen molar-refractivity contribution in [2.45, 2.75) is 25.3 Å². The number of rotatable bonds is 2. The zero-order valence-corrected chi connectivity index (χ0v) is 16.3. The number of carbonyl (C=O) groups is 1. The lowest BCUT2D eigenvalue weighted by Gasteiger charge is -2.41. The van der Waals surface area contributed by atoms with Crippen molar-refractivity contribution in [1.82, 2.24) is 19.2 Å². The Morgan fingerprint density at radius 1 is 0.966 bits per heavy atom. The molecule has 1 saturated heterocycles. The summed E-state index contributed by atoms with van der Waals surface area (Å²) >= 11 is 0. The second-order valence-corrected chi connectivity index (χ2v) is 7.90. The van der Waals surface area contributed by atoms with Gasteiger partial charge in [-0.25, -0.2) is 4.98 Å². The third-order valence-electron chi connectivity index (χ3n) is 6.28. The van der Waals surface area contributed by atoms with Gasteiger partial charge >= 0.3 is 0 Å². The Balaban J connectivity index is 1.27. The van der Waals surface area contributed by atoms with Crippen molar-refractivity contribution in [2.24, 2.45) is 0 Å². The summed E-state index contributed by atoms with van der Waals surface area (Å²) in [6.45, 7) is 2.99. The van der Waals surface area contributed by atoms with Gasteiger partial charge in [-0.2, -0.15) is 0 Å². The van der Waals surface area contributed by atoms with Crippen LogP contribution in [-0.2, 0) is 12.8 Å².